The highest BCUT2D eigenvalue weighted by Gasteiger charge is 2.33. The molecule has 1 aliphatic rings. The fourth-order valence-corrected chi connectivity index (χ4v) is 4.78. The van der Waals surface area contributed by atoms with Crippen molar-refractivity contribution in [2.45, 2.75) is 20.8 Å². The predicted molar refractivity (Wildman–Crippen MR) is 125 cm³/mol. The van der Waals surface area contributed by atoms with Crippen molar-refractivity contribution in [3.05, 3.63) is 69.0 Å². The van der Waals surface area contributed by atoms with Crippen LogP contribution in [0, 0.1) is 5.92 Å². The first-order valence-corrected chi connectivity index (χ1v) is 11.4. The minimum atomic E-state index is -0.322. The molecule has 0 fully saturated rings. The average Bonchev–Trinajstić information content (AvgIpc) is 3.42. The van der Waals surface area contributed by atoms with Crippen LogP contribution in [0.3, 0.4) is 0 Å². The van der Waals surface area contributed by atoms with Gasteiger partial charge in [-0.25, -0.2) is 0 Å². The summed E-state index contributed by atoms with van der Waals surface area (Å²) in [5.41, 5.74) is 2.51. The quantitative estimate of drug-likeness (QED) is 0.471. The molecule has 32 heavy (non-hydrogen) atoms. The monoisotopic (exact) mass is 446 g/mol. The number of anilines is 1. The lowest BCUT2D eigenvalue weighted by Crippen LogP contribution is -2.32. The number of fused-ring (bicyclic) bond motifs is 2. The molecule has 0 unspecified atom stereocenters. The van der Waals surface area contributed by atoms with Crippen molar-refractivity contribution in [3.63, 3.8) is 0 Å². The summed E-state index contributed by atoms with van der Waals surface area (Å²) in [5.74, 6) is 1.54. The number of amides is 1. The highest BCUT2D eigenvalue weighted by atomic mass is 32.1. The SMILES string of the molecule is CCN1C(=O)C(=c2sc3nc(-c4ccc(OCC(C)C)cc4)nn3c2=O)c2ccccc21. The maximum Gasteiger partial charge on any atom is 0.291 e. The first-order valence-electron chi connectivity index (χ1n) is 10.6. The molecule has 0 bridgehead atoms. The number of likely N-dealkylation sites (N-methyl/N-ethyl adjacent to an activating group) is 1. The standard InChI is InChI=1S/C24H22N4O3S/c1-4-27-18-8-6-5-7-17(18)19(22(27)29)20-23(30)28-24(32-20)25-21(26-28)15-9-11-16(12-10-15)31-13-14(2)3/h5-12,14H,4,13H2,1-3H3. The Balaban J connectivity index is 1.56. The highest BCUT2D eigenvalue weighted by Crippen LogP contribution is 2.34. The van der Waals surface area contributed by atoms with E-state index in [2.05, 4.69) is 23.9 Å². The molecule has 2 aromatic carbocycles. The Morgan fingerprint density at radius 2 is 1.81 bits per heavy atom. The first kappa shape index (κ1) is 20.4. The fourth-order valence-electron chi connectivity index (χ4n) is 3.78. The number of thiazole rings is 1. The number of aromatic nitrogens is 3. The maximum atomic E-state index is 13.2. The van der Waals surface area contributed by atoms with Crippen LogP contribution in [0.5, 0.6) is 5.75 Å². The van der Waals surface area contributed by atoms with E-state index >= 15 is 0 Å². The Bertz CT molecular complexity index is 1440. The summed E-state index contributed by atoms with van der Waals surface area (Å²) in [7, 11) is 0. The van der Waals surface area contributed by atoms with Crippen molar-refractivity contribution in [2.75, 3.05) is 18.1 Å². The largest absolute Gasteiger partial charge is 0.493 e. The molecule has 5 rings (SSSR count). The van der Waals surface area contributed by atoms with Gasteiger partial charge in [-0.05, 0) is 43.2 Å². The van der Waals surface area contributed by atoms with Gasteiger partial charge in [0.15, 0.2) is 5.82 Å². The van der Waals surface area contributed by atoms with Crippen molar-refractivity contribution >= 4 is 33.5 Å². The van der Waals surface area contributed by atoms with E-state index in [4.69, 9.17) is 4.74 Å². The van der Waals surface area contributed by atoms with E-state index in [1.165, 1.54) is 15.9 Å². The molecule has 1 aliphatic heterocycles. The molecular weight excluding hydrogens is 424 g/mol. The number of rotatable bonds is 5. The van der Waals surface area contributed by atoms with E-state index in [0.29, 0.717) is 40.0 Å². The zero-order chi connectivity index (χ0) is 22.4. The molecule has 0 atom stereocenters. The molecule has 0 radical (unpaired) electrons. The lowest BCUT2D eigenvalue weighted by atomic mass is 10.1. The van der Waals surface area contributed by atoms with Gasteiger partial charge in [-0.1, -0.05) is 43.4 Å². The van der Waals surface area contributed by atoms with Crippen LogP contribution in [0.1, 0.15) is 26.3 Å². The maximum absolute atomic E-state index is 13.2. The molecule has 3 heterocycles. The number of carbonyl (C=O) groups is 1. The molecule has 0 saturated carbocycles. The van der Waals surface area contributed by atoms with Crippen LogP contribution in [0.4, 0.5) is 5.69 Å². The summed E-state index contributed by atoms with van der Waals surface area (Å²) < 4.78 is 7.38. The molecular formula is C24H22N4O3S. The predicted octanol–water partition coefficient (Wildman–Crippen LogP) is 3.14. The molecule has 2 aromatic heterocycles. The third kappa shape index (κ3) is 3.27. The van der Waals surface area contributed by atoms with E-state index in [0.717, 1.165) is 22.6 Å². The first-order chi connectivity index (χ1) is 15.5. The van der Waals surface area contributed by atoms with Gasteiger partial charge in [0.1, 0.15) is 10.3 Å². The van der Waals surface area contributed by atoms with Crippen LogP contribution >= 0.6 is 11.3 Å². The smallest absolute Gasteiger partial charge is 0.291 e. The Morgan fingerprint density at radius 3 is 2.50 bits per heavy atom. The zero-order valence-electron chi connectivity index (χ0n) is 18.0. The van der Waals surface area contributed by atoms with Gasteiger partial charge in [-0.2, -0.15) is 9.50 Å². The van der Waals surface area contributed by atoms with Gasteiger partial charge >= 0.3 is 0 Å². The molecule has 0 saturated heterocycles. The summed E-state index contributed by atoms with van der Waals surface area (Å²) in [6.07, 6.45) is 0. The molecule has 0 spiro atoms. The summed E-state index contributed by atoms with van der Waals surface area (Å²) in [6, 6.07) is 15.1. The second kappa shape index (κ2) is 7.87. The second-order valence-electron chi connectivity index (χ2n) is 8.04. The number of hydrogen-bond acceptors (Lipinski definition) is 6. The summed E-state index contributed by atoms with van der Waals surface area (Å²) in [4.78, 5) is 32.9. The third-order valence-corrected chi connectivity index (χ3v) is 6.35. The average molecular weight is 447 g/mol. The number of ether oxygens (including phenoxy) is 1. The van der Waals surface area contributed by atoms with Gasteiger partial charge in [-0.15, -0.1) is 5.10 Å². The summed E-state index contributed by atoms with van der Waals surface area (Å²) in [6.45, 7) is 7.30. The van der Waals surface area contributed by atoms with Crippen LogP contribution in [-0.4, -0.2) is 33.7 Å². The Hall–Kier alpha value is -3.52. The van der Waals surface area contributed by atoms with Gasteiger partial charge in [0.05, 0.1) is 17.9 Å². The number of para-hydroxylation sites is 1. The highest BCUT2D eigenvalue weighted by molar-refractivity contribution is 7.15. The van der Waals surface area contributed by atoms with E-state index in [-0.39, 0.29) is 11.5 Å². The van der Waals surface area contributed by atoms with Gasteiger partial charge < -0.3 is 9.64 Å². The number of benzene rings is 2. The number of carbonyl (C=O) groups excluding carboxylic acids is 1. The van der Waals surface area contributed by atoms with E-state index in [9.17, 15) is 9.59 Å². The number of hydrogen-bond donors (Lipinski definition) is 0. The summed E-state index contributed by atoms with van der Waals surface area (Å²) >= 11 is 1.20. The Morgan fingerprint density at radius 1 is 1.06 bits per heavy atom. The molecule has 8 heteroatoms. The van der Waals surface area contributed by atoms with Gasteiger partial charge in [0, 0.05) is 17.7 Å². The normalized spacial score (nSPS) is 15.1. The van der Waals surface area contributed by atoms with Crippen LogP contribution in [0.15, 0.2) is 53.3 Å². The van der Waals surface area contributed by atoms with E-state index in [1.807, 2.05) is 55.5 Å². The van der Waals surface area contributed by atoms with Gasteiger partial charge in [0.25, 0.3) is 11.5 Å². The molecule has 1 amide bonds. The topological polar surface area (TPSA) is 76.8 Å². The lowest BCUT2D eigenvalue weighted by molar-refractivity contribution is -0.113. The van der Waals surface area contributed by atoms with Crippen LogP contribution in [-0.2, 0) is 4.79 Å². The number of nitrogens with zero attached hydrogens (tertiary/aromatic N) is 4. The molecule has 4 aromatic rings. The molecule has 0 aliphatic carbocycles. The van der Waals surface area contributed by atoms with Crippen LogP contribution < -0.4 is 19.7 Å². The van der Waals surface area contributed by atoms with Crippen molar-refractivity contribution in [3.8, 4) is 17.1 Å². The fraction of sp³-hybridized carbons (Fsp3) is 0.250. The van der Waals surface area contributed by atoms with Crippen molar-refractivity contribution in [2.24, 2.45) is 5.92 Å². The molecule has 162 valence electrons. The van der Waals surface area contributed by atoms with E-state index < -0.39 is 0 Å². The van der Waals surface area contributed by atoms with Crippen LogP contribution in [0.2, 0.25) is 0 Å². The zero-order valence-corrected chi connectivity index (χ0v) is 18.8. The lowest BCUT2D eigenvalue weighted by Gasteiger charge is -2.13. The second-order valence-corrected chi connectivity index (χ2v) is 9.01. The summed E-state index contributed by atoms with van der Waals surface area (Å²) in [5, 5.41) is 4.42. The van der Waals surface area contributed by atoms with Crippen LogP contribution in [0.25, 0.3) is 21.9 Å². The minimum Gasteiger partial charge on any atom is -0.493 e. The Kier molecular flexibility index (Phi) is 5.01. The third-order valence-electron chi connectivity index (χ3n) is 5.32. The van der Waals surface area contributed by atoms with Crippen molar-refractivity contribution in [1.82, 2.24) is 14.6 Å². The van der Waals surface area contributed by atoms with Gasteiger partial charge in [0.2, 0.25) is 4.96 Å². The molecule has 0 N–H and O–H groups in total. The van der Waals surface area contributed by atoms with Crippen molar-refractivity contribution in [1.29, 1.82) is 0 Å². The van der Waals surface area contributed by atoms with Crippen molar-refractivity contribution < 1.29 is 9.53 Å². The van der Waals surface area contributed by atoms with E-state index in [1.54, 1.807) is 4.90 Å². The Labute approximate surface area is 188 Å². The molecule has 7 nitrogen and oxygen atoms in total. The van der Waals surface area contributed by atoms with Gasteiger partial charge in [-0.3, -0.25) is 9.59 Å². The minimum absolute atomic E-state index is 0.160.